The van der Waals surface area contributed by atoms with Crippen molar-refractivity contribution < 1.29 is 13.2 Å². The van der Waals surface area contributed by atoms with E-state index in [0.29, 0.717) is 13.1 Å². The van der Waals surface area contributed by atoms with Crippen molar-refractivity contribution in [2.24, 2.45) is 0 Å². The molecule has 0 radical (unpaired) electrons. The Morgan fingerprint density at radius 2 is 1.54 bits per heavy atom. The van der Waals surface area contributed by atoms with Gasteiger partial charge in [0.25, 0.3) is 0 Å². The maximum absolute atomic E-state index is 12.7. The first kappa shape index (κ1) is 18.6. The fourth-order valence-corrected chi connectivity index (χ4v) is 4.40. The molecular weight excluding hydrogens is 346 g/mol. The van der Waals surface area contributed by atoms with E-state index < -0.39 is 9.84 Å². The topological polar surface area (TPSA) is 54.5 Å². The molecule has 3 rings (SSSR count). The van der Waals surface area contributed by atoms with Gasteiger partial charge in [-0.25, -0.2) is 8.42 Å². The minimum atomic E-state index is -3.14. The van der Waals surface area contributed by atoms with Crippen molar-refractivity contribution >= 4 is 15.7 Å². The Hall–Kier alpha value is -2.14. The zero-order valence-electron chi connectivity index (χ0n) is 15.1. The highest BCUT2D eigenvalue weighted by molar-refractivity contribution is 7.90. The highest BCUT2D eigenvalue weighted by atomic mass is 32.2. The third kappa shape index (κ3) is 4.15. The molecule has 2 aromatic carbocycles. The van der Waals surface area contributed by atoms with E-state index in [1.165, 1.54) is 17.4 Å². The molecule has 0 spiro atoms. The molecule has 1 aliphatic rings. The number of rotatable bonds is 5. The molecule has 0 aliphatic carbocycles. The van der Waals surface area contributed by atoms with Gasteiger partial charge in [-0.05, 0) is 24.0 Å². The molecule has 0 atom stereocenters. The number of piperidine rings is 1. The first-order valence-corrected chi connectivity index (χ1v) is 11.0. The van der Waals surface area contributed by atoms with Gasteiger partial charge < -0.3 is 4.90 Å². The van der Waals surface area contributed by atoms with Crippen LogP contribution in [0.4, 0.5) is 0 Å². The summed E-state index contributed by atoms with van der Waals surface area (Å²) in [6.45, 7) is 1.27. The number of likely N-dealkylation sites (tertiary alicyclic amines) is 1. The summed E-state index contributed by atoms with van der Waals surface area (Å²) in [5.74, 6) is -0.169. The minimum Gasteiger partial charge on any atom is -0.341 e. The van der Waals surface area contributed by atoms with Crippen LogP contribution in [0, 0.1) is 0 Å². The number of carbonyl (C=O) groups excluding carboxylic acids is 1. The fourth-order valence-electron chi connectivity index (χ4n) is 3.85. The van der Waals surface area contributed by atoms with Crippen molar-refractivity contribution in [3.05, 3.63) is 71.8 Å². The van der Waals surface area contributed by atoms with Crippen molar-refractivity contribution in [3.63, 3.8) is 0 Å². The summed E-state index contributed by atoms with van der Waals surface area (Å²) in [5, 5.41) is 0. The largest absolute Gasteiger partial charge is 0.341 e. The van der Waals surface area contributed by atoms with Crippen LogP contribution in [0.25, 0.3) is 0 Å². The van der Waals surface area contributed by atoms with E-state index in [-0.39, 0.29) is 23.5 Å². The summed E-state index contributed by atoms with van der Waals surface area (Å²) >= 11 is 0. The number of amides is 1. The van der Waals surface area contributed by atoms with Crippen molar-refractivity contribution in [1.29, 1.82) is 0 Å². The standard InChI is InChI=1S/C21H25NO3S/c1-26(24,25)16-13-20(23)22-15-8-14-21(17-22,18-9-4-2-5-10-18)19-11-6-3-7-12-19/h2-7,9-12H,8,13-17H2,1H3. The molecule has 0 bridgehead atoms. The van der Waals surface area contributed by atoms with Crippen molar-refractivity contribution in [1.82, 2.24) is 4.90 Å². The molecule has 1 fully saturated rings. The van der Waals surface area contributed by atoms with Crippen LogP contribution in [0.5, 0.6) is 0 Å². The number of hydrogen-bond donors (Lipinski definition) is 0. The Bertz CT molecular complexity index is 808. The Balaban J connectivity index is 1.91. The zero-order valence-corrected chi connectivity index (χ0v) is 15.9. The molecule has 2 aromatic rings. The highest BCUT2D eigenvalue weighted by Gasteiger charge is 2.39. The number of hydrogen-bond acceptors (Lipinski definition) is 3. The summed E-state index contributed by atoms with van der Waals surface area (Å²) in [6, 6.07) is 20.6. The Kier molecular flexibility index (Phi) is 5.47. The molecule has 0 unspecified atom stereocenters. The average molecular weight is 372 g/mol. The Morgan fingerprint density at radius 1 is 1.00 bits per heavy atom. The zero-order chi connectivity index (χ0) is 18.6. The Labute approximate surface area is 155 Å². The second-order valence-electron chi connectivity index (χ2n) is 7.11. The molecular formula is C21H25NO3S. The van der Waals surface area contributed by atoms with Gasteiger partial charge in [0.15, 0.2) is 0 Å². The van der Waals surface area contributed by atoms with Gasteiger partial charge in [-0.1, -0.05) is 60.7 Å². The van der Waals surface area contributed by atoms with Gasteiger partial charge in [0, 0.05) is 31.2 Å². The van der Waals surface area contributed by atoms with Crippen LogP contribution in [0.3, 0.4) is 0 Å². The quantitative estimate of drug-likeness (QED) is 0.812. The molecule has 5 heteroatoms. The van der Waals surface area contributed by atoms with E-state index in [0.717, 1.165) is 12.8 Å². The first-order valence-electron chi connectivity index (χ1n) is 8.97. The van der Waals surface area contributed by atoms with Gasteiger partial charge in [-0.15, -0.1) is 0 Å². The molecule has 1 heterocycles. The van der Waals surface area contributed by atoms with E-state index in [1.54, 1.807) is 0 Å². The van der Waals surface area contributed by atoms with Crippen LogP contribution in [0.1, 0.15) is 30.4 Å². The third-order valence-electron chi connectivity index (χ3n) is 5.18. The fraction of sp³-hybridized carbons (Fsp3) is 0.381. The number of sulfone groups is 1. The number of benzene rings is 2. The molecule has 1 saturated heterocycles. The lowest BCUT2D eigenvalue weighted by Crippen LogP contribution is -2.49. The summed E-state index contributed by atoms with van der Waals surface area (Å²) in [4.78, 5) is 14.5. The molecule has 138 valence electrons. The second-order valence-corrected chi connectivity index (χ2v) is 9.37. The van der Waals surface area contributed by atoms with Gasteiger partial charge in [0.1, 0.15) is 9.84 Å². The van der Waals surface area contributed by atoms with Crippen LogP contribution >= 0.6 is 0 Å². The summed E-state index contributed by atoms with van der Waals surface area (Å²) < 4.78 is 22.8. The SMILES string of the molecule is CS(=O)(=O)CCC(=O)N1CCCC(c2ccccc2)(c2ccccc2)C1. The second kappa shape index (κ2) is 7.62. The van der Waals surface area contributed by atoms with E-state index in [2.05, 4.69) is 24.3 Å². The minimum absolute atomic E-state index is 0.0541. The lowest BCUT2D eigenvalue weighted by atomic mass is 9.69. The number of carbonyl (C=O) groups is 1. The van der Waals surface area contributed by atoms with Gasteiger partial charge in [-0.2, -0.15) is 0 Å². The van der Waals surface area contributed by atoms with Crippen LogP contribution in [0.2, 0.25) is 0 Å². The predicted octanol–water partition coefficient (Wildman–Crippen LogP) is 3.03. The lowest BCUT2D eigenvalue weighted by molar-refractivity contribution is -0.132. The monoisotopic (exact) mass is 371 g/mol. The van der Waals surface area contributed by atoms with Crippen molar-refractivity contribution in [2.75, 3.05) is 25.1 Å². The van der Waals surface area contributed by atoms with Gasteiger partial charge >= 0.3 is 0 Å². The van der Waals surface area contributed by atoms with Crippen LogP contribution < -0.4 is 0 Å². The summed E-state index contributed by atoms with van der Waals surface area (Å²) in [6.07, 6.45) is 3.10. The third-order valence-corrected chi connectivity index (χ3v) is 6.13. The van der Waals surface area contributed by atoms with Crippen LogP contribution in [-0.4, -0.2) is 44.3 Å². The highest BCUT2D eigenvalue weighted by Crippen LogP contribution is 2.40. The predicted molar refractivity (Wildman–Crippen MR) is 104 cm³/mol. The molecule has 4 nitrogen and oxygen atoms in total. The molecule has 26 heavy (non-hydrogen) atoms. The van der Waals surface area contributed by atoms with Crippen molar-refractivity contribution in [3.8, 4) is 0 Å². The maximum atomic E-state index is 12.7. The van der Waals surface area contributed by atoms with E-state index in [4.69, 9.17) is 0 Å². The smallest absolute Gasteiger partial charge is 0.223 e. The number of nitrogens with zero attached hydrogens (tertiary/aromatic N) is 1. The summed E-state index contributed by atoms with van der Waals surface area (Å²) in [7, 11) is -3.14. The molecule has 0 aromatic heterocycles. The molecule has 0 saturated carbocycles. The molecule has 0 N–H and O–H groups in total. The lowest BCUT2D eigenvalue weighted by Gasteiger charge is -2.44. The normalized spacial score (nSPS) is 17.0. The maximum Gasteiger partial charge on any atom is 0.223 e. The summed E-state index contributed by atoms with van der Waals surface area (Å²) in [5.41, 5.74) is 2.15. The van der Waals surface area contributed by atoms with E-state index in [9.17, 15) is 13.2 Å². The van der Waals surface area contributed by atoms with Crippen molar-refractivity contribution in [2.45, 2.75) is 24.7 Å². The van der Waals surface area contributed by atoms with Gasteiger partial charge in [0.2, 0.25) is 5.91 Å². The van der Waals surface area contributed by atoms with Gasteiger partial charge in [-0.3, -0.25) is 4.79 Å². The van der Waals surface area contributed by atoms with E-state index >= 15 is 0 Å². The average Bonchev–Trinajstić information content (AvgIpc) is 2.67. The van der Waals surface area contributed by atoms with Gasteiger partial charge in [0.05, 0.1) is 5.75 Å². The molecule has 1 aliphatic heterocycles. The molecule has 1 amide bonds. The Morgan fingerprint density at radius 3 is 2.04 bits per heavy atom. The van der Waals surface area contributed by atoms with E-state index in [1.807, 2.05) is 41.3 Å². The van der Waals surface area contributed by atoms with Crippen LogP contribution in [-0.2, 0) is 20.0 Å². The first-order chi connectivity index (χ1) is 12.4. The van der Waals surface area contributed by atoms with Crippen LogP contribution in [0.15, 0.2) is 60.7 Å².